The van der Waals surface area contributed by atoms with E-state index in [-0.39, 0.29) is 18.4 Å². The number of hydrogen-bond acceptors (Lipinski definition) is 5. The van der Waals surface area contributed by atoms with Crippen LogP contribution in [0.1, 0.15) is 19.3 Å². The van der Waals surface area contributed by atoms with E-state index >= 15 is 0 Å². The molecule has 6 nitrogen and oxygen atoms in total. The van der Waals surface area contributed by atoms with Gasteiger partial charge in [-0.25, -0.2) is 0 Å². The van der Waals surface area contributed by atoms with Crippen LogP contribution in [-0.4, -0.2) is 33.5 Å². The zero-order valence-electron chi connectivity index (χ0n) is 5.93. The van der Waals surface area contributed by atoms with Gasteiger partial charge in [-0.05, 0) is 12.8 Å². The fourth-order valence-corrected chi connectivity index (χ4v) is 0.524. The maximum atomic E-state index is 9.95. The summed E-state index contributed by atoms with van der Waals surface area (Å²) in [6.45, 7) is 0.0975. The number of rotatable bonds is 6. The monoisotopic (exact) mass is 165 g/mol. The van der Waals surface area contributed by atoms with Crippen molar-refractivity contribution in [3.8, 4) is 0 Å². The van der Waals surface area contributed by atoms with Crippen LogP contribution in [0.25, 0.3) is 0 Å². The Hall–Kier alpha value is -0.690. The molecule has 0 heterocycles. The third kappa shape index (κ3) is 9.31. The number of carboxylic acids is 1. The highest BCUT2D eigenvalue weighted by molar-refractivity contribution is 5.66. The van der Waals surface area contributed by atoms with Crippen LogP contribution in [-0.2, 0) is 9.63 Å². The molecule has 3 N–H and O–H groups in total. The number of unbranched alkanes of at least 4 members (excludes halogenated alkanes) is 1. The summed E-state index contributed by atoms with van der Waals surface area (Å²) in [7, 11) is 0. The predicted octanol–water partition coefficient (Wildman–Crippen LogP) is 0.253. The molecule has 0 aliphatic rings. The van der Waals surface area contributed by atoms with Crippen molar-refractivity contribution < 1.29 is 25.2 Å². The molecule has 0 amide bonds. The lowest BCUT2D eigenvalue weighted by molar-refractivity contribution is -0.492. The van der Waals surface area contributed by atoms with E-state index in [0.717, 1.165) is 0 Å². The molecule has 0 aromatic carbocycles. The lowest BCUT2D eigenvalue weighted by Crippen LogP contribution is -2.15. The van der Waals surface area contributed by atoms with Gasteiger partial charge in [0.1, 0.15) is 0 Å². The Labute approximate surface area is 63.5 Å². The number of nitrogens with zero attached hydrogens (tertiary/aromatic N) is 1. The van der Waals surface area contributed by atoms with Crippen molar-refractivity contribution in [2.24, 2.45) is 0 Å². The molecular weight excluding hydrogens is 154 g/mol. The third-order valence-electron chi connectivity index (χ3n) is 0.992. The Morgan fingerprint density at radius 1 is 1.36 bits per heavy atom. The van der Waals surface area contributed by atoms with Gasteiger partial charge in [0.15, 0.2) is 0 Å². The molecule has 0 aromatic rings. The summed E-state index contributed by atoms with van der Waals surface area (Å²) >= 11 is 0. The Morgan fingerprint density at radius 2 is 2.00 bits per heavy atom. The molecule has 0 saturated carbocycles. The van der Waals surface area contributed by atoms with Gasteiger partial charge in [-0.15, -0.1) is 0 Å². The van der Waals surface area contributed by atoms with E-state index in [2.05, 4.69) is 4.84 Å². The van der Waals surface area contributed by atoms with Crippen LogP contribution in [0, 0.1) is 0 Å². The van der Waals surface area contributed by atoms with Gasteiger partial charge < -0.3 is 5.11 Å². The van der Waals surface area contributed by atoms with Crippen molar-refractivity contribution in [3.05, 3.63) is 0 Å². The predicted molar refractivity (Wildman–Crippen MR) is 32.9 cm³/mol. The fourth-order valence-electron chi connectivity index (χ4n) is 0.524. The van der Waals surface area contributed by atoms with E-state index in [1.807, 2.05) is 0 Å². The molecular formula is C5H11NO5. The fraction of sp³-hybridized carbons (Fsp3) is 0.800. The standard InChI is InChI=1S/C5H11NO5/c7-5(8)3-1-2-4-11-6(9)10/h9-10H,1-4H2,(H,7,8). The maximum absolute atomic E-state index is 9.95. The summed E-state index contributed by atoms with van der Waals surface area (Å²) < 4.78 is 0. The second-order valence-electron chi connectivity index (χ2n) is 1.94. The van der Waals surface area contributed by atoms with Crippen molar-refractivity contribution in [1.29, 1.82) is 0 Å². The molecule has 0 bridgehead atoms. The van der Waals surface area contributed by atoms with E-state index < -0.39 is 5.97 Å². The number of carbonyl (C=O) groups is 1. The van der Waals surface area contributed by atoms with Crippen LogP contribution in [0.2, 0.25) is 0 Å². The largest absolute Gasteiger partial charge is 0.481 e. The molecule has 0 aliphatic heterocycles. The van der Waals surface area contributed by atoms with Gasteiger partial charge in [-0.3, -0.25) is 20.0 Å². The topological polar surface area (TPSA) is 90.2 Å². The zero-order valence-corrected chi connectivity index (χ0v) is 5.93. The maximum Gasteiger partial charge on any atom is 0.303 e. The minimum atomic E-state index is -0.866. The van der Waals surface area contributed by atoms with Gasteiger partial charge >= 0.3 is 5.97 Å². The highest BCUT2D eigenvalue weighted by atomic mass is 17.1. The van der Waals surface area contributed by atoms with Crippen LogP contribution in [0.5, 0.6) is 0 Å². The minimum Gasteiger partial charge on any atom is -0.481 e. The van der Waals surface area contributed by atoms with E-state index in [9.17, 15) is 4.79 Å². The lowest BCUT2D eigenvalue weighted by atomic mass is 10.2. The van der Waals surface area contributed by atoms with E-state index in [1.54, 1.807) is 0 Å². The third-order valence-corrected chi connectivity index (χ3v) is 0.992. The van der Waals surface area contributed by atoms with Gasteiger partial charge in [0, 0.05) is 6.42 Å². The normalized spacial score (nSPS) is 10.5. The first kappa shape index (κ1) is 10.3. The van der Waals surface area contributed by atoms with Crippen LogP contribution in [0.4, 0.5) is 0 Å². The zero-order chi connectivity index (χ0) is 8.69. The Bertz CT molecular complexity index is 115. The van der Waals surface area contributed by atoms with Gasteiger partial charge in [0.25, 0.3) is 0 Å². The Balaban J connectivity index is 2.97. The molecule has 11 heavy (non-hydrogen) atoms. The molecule has 0 saturated heterocycles. The van der Waals surface area contributed by atoms with Crippen LogP contribution in [0.3, 0.4) is 0 Å². The molecule has 0 spiro atoms. The molecule has 0 rings (SSSR count). The summed E-state index contributed by atoms with van der Waals surface area (Å²) in [6.07, 6.45) is 1.01. The molecule has 0 fully saturated rings. The Kier molecular flexibility index (Phi) is 5.67. The second-order valence-corrected chi connectivity index (χ2v) is 1.94. The van der Waals surface area contributed by atoms with Crippen molar-refractivity contribution in [1.82, 2.24) is 5.39 Å². The summed E-state index contributed by atoms with van der Waals surface area (Å²) in [5.41, 5.74) is 0. The lowest BCUT2D eigenvalue weighted by Gasteiger charge is -2.04. The number of carboxylic acid groups (broad SMARTS) is 1. The first-order valence-electron chi connectivity index (χ1n) is 3.15. The summed E-state index contributed by atoms with van der Waals surface area (Å²) in [6, 6.07) is 0. The van der Waals surface area contributed by atoms with Crippen LogP contribution < -0.4 is 0 Å². The average Bonchev–Trinajstić information content (AvgIpc) is 1.85. The number of hydrogen-bond donors (Lipinski definition) is 3. The first-order chi connectivity index (χ1) is 5.13. The molecule has 66 valence electrons. The first-order valence-corrected chi connectivity index (χ1v) is 3.15. The SMILES string of the molecule is O=C(O)CCCCON(O)O. The summed E-state index contributed by atoms with van der Waals surface area (Å²) in [4.78, 5) is 14.1. The molecule has 0 aromatic heterocycles. The van der Waals surface area contributed by atoms with Gasteiger partial charge in [0.05, 0.1) is 12.0 Å². The van der Waals surface area contributed by atoms with Crippen molar-refractivity contribution in [2.45, 2.75) is 19.3 Å². The highest BCUT2D eigenvalue weighted by Gasteiger charge is 1.97. The molecule has 0 aliphatic carbocycles. The minimum absolute atomic E-state index is 0.0697. The van der Waals surface area contributed by atoms with Gasteiger partial charge in [-0.1, -0.05) is 0 Å². The second kappa shape index (κ2) is 6.05. The van der Waals surface area contributed by atoms with Crippen LogP contribution >= 0.6 is 0 Å². The number of aliphatic carboxylic acids is 1. The van der Waals surface area contributed by atoms with Crippen molar-refractivity contribution >= 4 is 5.97 Å². The average molecular weight is 165 g/mol. The van der Waals surface area contributed by atoms with Gasteiger partial charge in [-0.2, -0.15) is 0 Å². The summed E-state index contributed by atoms with van der Waals surface area (Å²) in [5, 5.41) is 23.8. The molecule has 0 atom stereocenters. The molecule has 6 heteroatoms. The van der Waals surface area contributed by atoms with Crippen molar-refractivity contribution in [3.63, 3.8) is 0 Å². The smallest absolute Gasteiger partial charge is 0.303 e. The van der Waals surface area contributed by atoms with E-state index in [0.29, 0.717) is 12.8 Å². The van der Waals surface area contributed by atoms with E-state index in [1.165, 1.54) is 0 Å². The molecule has 0 unspecified atom stereocenters. The highest BCUT2D eigenvalue weighted by Crippen LogP contribution is 1.95. The quantitative estimate of drug-likeness (QED) is 0.386. The van der Waals surface area contributed by atoms with Crippen molar-refractivity contribution in [2.75, 3.05) is 6.61 Å². The molecule has 0 radical (unpaired) electrons. The summed E-state index contributed by atoms with van der Waals surface area (Å²) in [5.74, 6) is -0.866. The van der Waals surface area contributed by atoms with Crippen LogP contribution in [0.15, 0.2) is 0 Å². The van der Waals surface area contributed by atoms with Gasteiger partial charge in [0.2, 0.25) is 0 Å². The van der Waals surface area contributed by atoms with E-state index in [4.69, 9.17) is 15.5 Å². The Morgan fingerprint density at radius 3 is 2.45 bits per heavy atom.